The molecule has 1 unspecified atom stereocenters. The lowest BCUT2D eigenvalue weighted by Gasteiger charge is -2.08. The Labute approximate surface area is 118 Å². The number of methoxy groups -OCH3 is 1. The molecule has 2 aromatic rings. The molecule has 0 bridgehead atoms. The Hall–Kier alpha value is -1.72. The van der Waals surface area contributed by atoms with E-state index in [1.54, 1.807) is 7.11 Å². The van der Waals surface area contributed by atoms with E-state index in [9.17, 15) is 0 Å². The normalized spacial score (nSPS) is 16.3. The minimum absolute atomic E-state index is 0.0657. The highest BCUT2D eigenvalue weighted by Gasteiger charge is 2.26. The van der Waals surface area contributed by atoms with Crippen LogP contribution in [0.2, 0.25) is 0 Å². The van der Waals surface area contributed by atoms with E-state index in [0.29, 0.717) is 24.8 Å². The first-order valence-electron chi connectivity index (χ1n) is 6.92. The van der Waals surface area contributed by atoms with Crippen molar-refractivity contribution in [2.75, 3.05) is 13.7 Å². The number of ether oxygens (including phenoxy) is 1. The first-order valence-corrected chi connectivity index (χ1v) is 6.92. The molecule has 1 aliphatic rings. The van der Waals surface area contributed by atoms with E-state index < -0.39 is 0 Å². The molecule has 0 spiro atoms. The van der Waals surface area contributed by atoms with Crippen LogP contribution in [0, 0.1) is 0 Å². The van der Waals surface area contributed by atoms with Crippen molar-refractivity contribution in [1.82, 2.24) is 10.1 Å². The summed E-state index contributed by atoms with van der Waals surface area (Å²) in [6.07, 6.45) is 2.48. The third kappa shape index (κ3) is 2.59. The second kappa shape index (κ2) is 5.73. The highest BCUT2D eigenvalue weighted by molar-refractivity contribution is 5.34. The van der Waals surface area contributed by atoms with Crippen LogP contribution < -0.4 is 5.73 Å². The predicted octanol–water partition coefficient (Wildman–Crippen LogP) is 1.47. The van der Waals surface area contributed by atoms with E-state index in [4.69, 9.17) is 15.0 Å². The van der Waals surface area contributed by atoms with E-state index in [1.165, 1.54) is 11.1 Å². The van der Waals surface area contributed by atoms with Crippen LogP contribution in [0.5, 0.6) is 0 Å². The van der Waals surface area contributed by atoms with Gasteiger partial charge in [-0.3, -0.25) is 0 Å². The summed E-state index contributed by atoms with van der Waals surface area (Å²) in [7, 11) is 1.64. The Kier molecular flexibility index (Phi) is 3.80. The number of nitrogens with zero attached hydrogens (tertiary/aromatic N) is 2. The SMILES string of the molecule is COC(CN)Cc1nc(C2Cc3ccccc3C2)no1. The second-order valence-corrected chi connectivity index (χ2v) is 5.22. The number of aromatic nitrogens is 2. The Morgan fingerprint density at radius 2 is 2.05 bits per heavy atom. The van der Waals surface area contributed by atoms with Crippen molar-refractivity contribution in [3.63, 3.8) is 0 Å². The summed E-state index contributed by atoms with van der Waals surface area (Å²) in [6, 6.07) is 8.50. The van der Waals surface area contributed by atoms with Crippen molar-refractivity contribution < 1.29 is 9.26 Å². The summed E-state index contributed by atoms with van der Waals surface area (Å²) in [5.74, 6) is 1.72. The van der Waals surface area contributed by atoms with Gasteiger partial charge in [0.05, 0.1) is 12.5 Å². The van der Waals surface area contributed by atoms with E-state index >= 15 is 0 Å². The zero-order valence-electron chi connectivity index (χ0n) is 11.6. The maximum absolute atomic E-state index is 5.60. The fourth-order valence-electron chi connectivity index (χ4n) is 2.72. The first kappa shape index (κ1) is 13.3. The van der Waals surface area contributed by atoms with E-state index in [2.05, 4.69) is 34.4 Å². The van der Waals surface area contributed by atoms with Crippen LogP contribution in [0.25, 0.3) is 0 Å². The monoisotopic (exact) mass is 273 g/mol. The smallest absolute Gasteiger partial charge is 0.229 e. The average molecular weight is 273 g/mol. The predicted molar refractivity (Wildman–Crippen MR) is 74.4 cm³/mol. The zero-order valence-corrected chi connectivity index (χ0v) is 11.6. The molecular weight excluding hydrogens is 254 g/mol. The number of rotatable bonds is 5. The molecule has 2 N–H and O–H groups in total. The third-order valence-electron chi connectivity index (χ3n) is 3.90. The van der Waals surface area contributed by atoms with E-state index in [0.717, 1.165) is 18.7 Å². The van der Waals surface area contributed by atoms with E-state index in [-0.39, 0.29) is 6.10 Å². The molecule has 1 atom stereocenters. The van der Waals surface area contributed by atoms with Crippen molar-refractivity contribution in [3.05, 3.63) is 47.1 Å². The topological polar surface area (TPSA) is 74.2 Å². The fraction of sp³-hybridized carbons (Fsp3) is 0.467. The Morgan fingerprint density at radius 1 is 1.35 bits per heavy atom. The molecule has 1 aromatic carbocycles. The molecule has 106 valence electrons. The maximum Gasteiger partial charge on any atom is 0.229 e. The van der Waals surface area contributed by atoms with Crippen molar-refractivity contribution >= 4 is 0 Å². The van der Waals surface area contributed by atoms with Gasteiger partial charge in [-0.2, -0.15) is 4.98 Å². The Morgan fingerprint density at radius 3 is 2.65 bits per heavy atom. The summed E-state index contributed by atoms with van der Waals surface area (Å²) in [5, 5.41) is 4.12. The second-order valence-electron chi connectivity index (χ2n) is 5.22. The average Bonchev–Trinajstić information content (AvgIpc) is 3.10. The molecule has 20 heavy (non-hydrogen) atoms. The molecule has 0 aliphatic heterocycles. The lowest BCUT2D eigenvalue weighted by molar-refractivity contribution is 0.102. The molecule has 5 heteroatoms. The highest BCUT2D eigenvalue weighted by atomic mass is 16.5. The molecule has 0 amide bonds. The maximum atomic E-state index is 5.60. The lowest BCUT2D eigenvalue weighted by Crippen LogP contribution is -2.24. The van der Waals surface area contributed by atoms with Gasteiger partial charge in [-0.05, 0) is 24.0 Å². The van der Waals surface area contributed by atoms with Crippen LogP contribution in [0.15, 0.2) is 28.8 Å². The summed E-state index contributed by atoms with van der Waals surface area (Å²) in [5.41, 5.74) is 8.38. The van der Waals surface area contributed by atoms with Gasteiger partial charge in [0.15, 0.2) is 5.82 Å². The van der Waals surface area contributed by atoms with Gasteiger partial charge in [0, 0.05) is 19.6 Å². The molecule has 0 saturated heterocycles. The van der Waals surface area contributed by atoms with Gasteiger partial charge in [0.2, 0.25) is 5.89 Å². The van der Waals surface area contributed by atoms with Crippen LogP contribution in [0.3, 0.4) is 0 Å². The van der Waals surface area contributed by atoms with Crippen LogP contribution >= 0.6 is 0 Å². The minimum Gasteiger partial charge on any atom is -0.380 e. The standard InChI is InChI=1S/C15H19N3O2/c1-19-13(9-16)8-14-17-15(18-20-14)12-6-10-4-2-3-5-11(10)7-12/h2-5,12-13H,6-9,16H2,1H3. The number of fused-ring (bicyclic) bond motifs is 1. The van der Waals surface area contributed by atoms with Crippen LogP contribution in [0.1, 0.15) is 28.8 Å². The summed E-state index contributed by atoms with van der Waals surface area (Å²) in [6.45, 7) is 0.448. The van der Waals surface area contributed by atoms with Crippen LogP contribution in [0.4, 0.5) is 0 Å². The number of benzene rings is 1. The largest absolute Gasteiger partial charge is 0.380 e. The quantitative estimate of drug-likeness (QED) is 0.893. The molecule has 0 fully saturated rings. The van der Waals surface area contributed by atoms with Gasteiger partial charge in [0.25, 0.3) is 0 Å². The van der Waals surface area contributed by atoms with Crippen LogP contribution in [-0.4, -0.2) is 29.9 Å². The fourth-order valence-corrected chi connectivity index (χ4v) is 2.72. The molecule has 1 aromatic heterocycles. The van der Waals surface area contributed by atoms with Gasteiger partial charge in [-0.15, -0.1) is 0 Å². The summed E-state index contributed by atoms with van der Waals surface area (Å²) >= 11 is 0. The van der Waals surface area contributed by atoms with Crippen molar-refractivity contribution in [3.8, 4) is 0 Å². The minimum atomic E-state index is -0.0657. The summed E-state index contributed by atoms with van der Waals surface area (Å²) < 4.78 is 10.5. The van der Waals surface area contributed by atoms with Gasteiger partial charge in [-0.25, -0.2) is 0 Å². The van der Waals surface area contributed by atoms with Gasteiger partial charge < -0.3 is 15.0 Å². The molecule has 1 aliphatic carbocycles. The van der Waals surface area contributed by atoms with Gasteiger partial charge >= 0.3 is 0 Å². The van der Waals surface area contributed by atoms with Gasteiger partial charge in [-0.1, -0.05) is 29.4 Å². The number of hydrogen-bond acceptors (Lipinski definition) is 5. The molecular formula is C15H19N3O2. The Bertz CT molecular complexity index is 553. The zero-order chi connectivity index (χ0) is 13.9. The molecule has 1 heterocycles. The Balaban J connectivity index is 1.70. The first-order chi connectivity index (χ1) is 9.80. The van der Waals surface area contributed by atoms with Crippen LogP contribution in [-0.2, 0) is 24.0 Å². The molecule has 5 nitrogen and oxygen atoms in total. The van der Waals surface area contributed by atoms with Crippen molar-refractivity contribution in [1.29, 1.82) is 0 Å². The third-order valence-corrected chi connectivity index (χ3v) is 3.90. The molecule has 0 saturated carbocycles. The highest BCUT2D eigenvalue weighted by Crippen LogP contribution is 2.32. The van der Waals surface area contributed by atoms with E-state index in [1.807, 2.05) is 0 Å². The van der Waals surface area contributed by atoms with Gasteiger partial charge in [0.1, 0.15) is 0 Å². The molecule has 0 radical (unpaired) electrons. The lowest BCUT2D eigenvalue weighted by atomic mass is 10.1. The number of nitrogens with two attached hydrogens (primary N) is 1. The molecule has 3 rings (SSSR count). The summed E-state index contributed by atoms with van der Waals surface area (Å²) in [4.78, 5) is 4.50. The van der Waals surface area contributed by atoms with Crippen molar-refractivity contribution in [2.24, 2.45) is 5.73 Å². The van der Waals surface area contributed by atoms with Crippen molar-refractivity contribution in [2.45, 2.75) is 31.3 Å². The number of hydrogen-bond donors (Lipinski definition) is 1.